The standard InChI is InChI=1S/C19H22FN3O/c1-14-10-12-23(13-11-14)18-8-6-17(7-9-18)22-19(24)21-16-4-2-15(20)3-5-16/h2-9,14H,10-13H2,1H3,(H2,21,22,24). The molecule has 1 fully saturated rings. The Hall–Kier alpha value is -2.56. The van der Waals surface area contributed by atoms with Crippen molar-refractivity contribution in [2.24, 2.45) is 5.92 Å². The number of benzene rings is 2. The molecule has 0 aromatic heterocycles. The number of nitrogens with one attached hydrogen (secondary N) is 2. The van der Waals surface area contributed by atoms with Gasteiger partial charge in [-0.2, -0.15) is 0 Å². The zero-order chi connectivity index (χ0) is 16.9. The monoisotopic (exact) mass is 327 g/mol. The van der Waals surface area contributed by atoms with Crippen molar-refractivity contribution in [1.29, 1.82) is 0 Å². The summed E-state index contributed by atoms with van der Waals surface area (Å²) in [6.07, 6.45) is 2.44. The molecule has 0 aliphatic carbocycles. The zero-order valence-electron chi connectivity index (χ0n) is 13.8. The molecule has 0 atom stereocenters. The molecule has 0 unspecified atom stereocenters. The van der Waals surface area contributed by atoms with E-state index in [0.717, 1.165) is 24.7 Å². The van der Waals surface area contributed by atoms with E-state index in [0.29, 0.717) is 5.69 Å². The van der Waals surface area contributed by atoms with Crippen LogP contribution in [0.3, 0.4) is 0 Å². The highest BCUT2D eigenvalue weighted by Gasteiger charge is 2.15. The Morgan fingerprint density at radius 2 is 1.46 bits per heavy atom. The summed E-state index contributed by atoms with van der Waals surface area (Å²) in [4.78, 5) is 14.3. The van der Waals surface area contributed by atoms with Gasteiger partial charge in [-0.15, -0.1) is 0 Å². The van der Waals surface area contributed by atoms with E-state index in [2.05, 4.69) is 22.5 Å². The van der Waals surface area contributed by atoms with Crippen LogP contribution in [0.15, 0.2) is 48.5 Å². The summed E-state index contributed by atoms with van der Waals surface area (Å²) in [6.45, 7) is 4.46. The number of carbonyl (C=O) groups is 1. The fraction of sp³-hybridized carbons (Fsp3) is 0.316. The second-order valence-electron chi connectivity index (χ2n) is 6.30. The van der Waals surface area contributed by atoms with E-state index in [4.69, 9.17) is 0 Å². The minimum atomic E-state index is -0.346. The van der Waals surface area contributed by atoms with Gasteiger partial charge in [0.1, 0.15) is 5.82 Å². The molecular weight excluding hydrogens is 305 g/mol. The normalized spacial score (nSPS) is 15.2. The van der Waals surface area contributed by atoms with E-state index in [-0.39, 0.29) is 11.8 Å². The number of carbonyl (C=O) groups excluding carboxylic acids is 1. The molecule has 4 nitrogen and oxygen atoms in total. The van der Waals surface area contributed by atoms with Gasteiger partial charge in [-0.1, -0.05) is 6.92 Å². The molecule has 2 aromatic carbocycles. The molecule has 24 heavy (non-hydrogen) atoms. The first-order valence-corrected chi connectivity index (χ1v) is 8.29. The molecule has 0 bridgehead atoms. The highest BCUT2D eigenvalue weighted by Crippen LogP contribution is 2.24. The third-order valence-electron chi connectivity index (χ3n) is 4.38. The molecule has 0 radical (unpaired) electrons. The van der Waals surface area contributed by atoms with Crippen molar-refractivity contribution in [1.82, 2.24) is 0 Å². The lowest BCUT2D eigenvalue weighted by molar-refractivity contribution is 0.262. The molecular formula is C19H22FN3O. The van der Waals surface area contributed by atoms with Gasteiger partial charge in [-0.25, -0.2) is 9.18 Å². The van der Waals surface area contributed by atoms with Crippen LogP contribution in [0.2, 0.25) is 0 Å². The molecule has 1 saturated heterocycles. The molecule has 2 aromatic rings. The van der Waals surface area contributed by atoms with Crippen molar-refractivity contribution in [2.45, 2.75) is 19.8 Å². The van der Waals surface area contributed by atoms with Crippen LogP contribution >= 0.6 is 0 Å². The molecule has 1 heterocycles. The Bertz CT molecular complexity index is 677. The minimum Gasteiger partial charge on any atom is -0.372 e. The summed E-state index contributed by atoms with van der Waals surface area (Å²) in [5, 5.41) is 5.45. The topological polar surface area (TPSA) is 44.4 Å². The second-order valence-corrected chi connectivity index (χ2v) is 6.30. The lowest BCUT2D eigenvalue weighted by atomic mass is 9.99. The van der Waals surface area contributed by atoms with E-state index in [1.54, 1.807) is 0 Å². The van der Waals surface area contributed by atoms with Crippen LogP contribution in [0.1, 0.15) is 19.8 Å². The summed E-state index contributed by atoms with van der Waals surface area (Å²) < 4.78 is 12.9. The van der Waals surface area contributed by atoms with Crippen LogP contribution in [0.5, 0.6) is 0 Å². The van der Waals surface area contributed by atoms with Gasteiger partial charge < -0.3 is 15.5 Å². The first kappa shape index (κ1) is 16.3. The predicted molar refractivity (Wildman–Crippen MR) is 96.1 cm³/mol. The van der Waals surface area contributed by atoms with E-state index < -0.39 is 0 Å². The summed E-state index contributed by atoms with van der Waals surface area (Å²) in [7, 11) is 0. The van der Waals surface area contributed by atoms with Crippen LogP contribution < -0.4 is 15.5 Å². The second kappa shape index (κ2) is 7.34. The summed E-state index contributed by atoms with van der Waals surface area (Å²) in [5.41, 5.74) is 2.46. The van der Waals surface area contributed by atoms with Gasteiger partial charge in [0.25, 0.3) is 0 Å². The number of piperidine rings is 1. The van der Waals surface area contributed by atoms with Crippen LogP contribution in [0, 0.1) is 11.7 Å². The van der Waals surface area contributed by atoms with Gasteiger partial charge in [0.15, 0.2) is 0 Å². The van der Waals surface area contributed by atoms with Gasteiger partial charge in [-0.05, 0) is 67.3 Å². The highest BCUT2D eigenvalue weighted by atomic mass is 19.1. The third kappa shape index (κ3) is 4.25. The van der Waals surface area contributed by atoms with Crippen molar-refractivity contribution in [3.05, 3.63) is 54.3 Å². The van der Waals surface area contributed by atoms with Crippen molar-refractivity contribution < 1.29 is 9.18 Å². The number of urea groups is 1. The van der Waals surface area contributed by atoms with Crippen LogP contribution in [0.25, 0.3) is 0 Å². The predicted octanol–water partition coefficient (Wildman–Crippen LogP) is 4.71. The summed E-state index contributed by atoms with van der Waals surface area (Å²) in [6, 6.07) is 13.2. The smallest absolute Gasteiger partial charge is 0.323 e. The van der Waals surface area contributed by atoms with Crippen molar-refractivity contribution in [2.75, 3.05) is 28.6 Å². The fourth-order valence-corrected chi connectivity index (χ4v) is 2.85. The largest absolute Gasteiger partial charge is 0.372 e. The van der Waals surface area contributed by atoms with Crippen molar-refractivity contribution in [3.63, 3.8) is 0 Å². The number of rotatable bonds is 3. The van der Waals surface area contributed by atoms with Gasteiger partial charge in [-0.3, -0.25) is 0 Å². The van der Waals surface area contributed by atoms with E-state index in [1.807, 2.05) is 24.3 Å². The SMILES string of the molecule is CC1CCN(c2ccc(NC(=O)Nc3ccc(F)cc3)cc2)CC1. The highest BCUT2D eigenvalue weighted by molar-refractivity contribution is 5.99. The number of amides is 2. The van der Waals surface area contributed by atoms with Crippen LogP contribution in [-0.2, 0) is 0 Å². The average Bonchev–Trinajstić information content (AvgIpc) is 2.58. The lowest BCUT2D eigenvalue weighted by Crippen LogP contribution is -2.32. The maximum Gasteiger partial charge on any atom is 0.323 e. The Morgan fingerprint density at radius 3 is 2.00 bits per heavy atom. The van der Waals surface area contributed by atoms with Crippen LogP contribution in [-0.4, -0.2) is 19.1 Å². The third-order valence-corrected chi connectivity index (χ3v) is 4.38. The molecule has 1 aliphatic heterocycles. The molecule has 0 saturated carbocycles. The van der Waals surface area contributed by atoms with E-state index in [1.165, 1.54) is 42.8 Å². The Kier molecular flexibility index (Phi) is 4.99. The first-order chi connectivity index (χ1) is 11.6. The van der Waals surface area contributed by atoms with Gasteiger partial charge in [0.2, 0.25) is 0 Å². The molecule has 3 rings (SSSR count). The number of nitrogens with zero attached hydrogens (tertiary/aromatic N) is 1. The van der Waals surface area contributed by atoms with Crippen LogP contribution in [0.4, 0.5) is 26.2 Å². The first-order valence-electron chi connectivity index (χ1n) is 8.29. The number of hydrogen-bond donors (Lipinski definition) is 2. The van der Waals surface area contributed by atoms with E-state index in [9.17, 15) is 9.18 Å². The molecule has 1 aliphatic rings. The fourth-order valence-electron chi connectivity index (χ4n) is 2.85. The van der Waals surface area contributed by atoms with Gasteiger partial charge in [0, 0.05) is 30.2 Å². The van der Waals surface area contributed by atoms with Gasteiger partial charge in [0.05, 0.1) is 0 Å². The Labute approximate surface area is 141 Å². The van der Waals surface area contributed by atoms with Gasteiger partial charge >= 0.3 is 6.03 Å². The Morgan fingerprint density at radius 1 is 0.958 bits per heavy atom. The number of halogens is 1. The molecule has 0 spiro atoms. The molecule has 2 N–H and O–H groups in total. The van der Waals surface area contributed by atoms with Crippen molar-refractivity contribution in [3.8, 4) is 0 Å². The number of hydrogen-bond acceptors (Lipinski definition) is 2. The Balaban J connectivity index is 1.55. The molecule has 5 heteroatoms. The summed E-state index contributed by atoms with van der Waals surface area (Å²) in [5.74, 6) is 0.473. The van der Waals surface area contributed by atoms with Crippen molar-refractivity contribution >= 4 is 23.1 Å². The maximum atomic E-state index is 12.9. The molecule has 2 amide bonds. The minimum absolute atomic E-state index is 0.330. The maximum absolute atomic E-state index is 12.9. The number of anilines is 3. The average molecular weight is 327 g/mol. The summed E-state index contributed by atoms with van der Waals surface area (Å²) >= 11 is 0. The zero-order valence-corrected chi connectivity index (χ0v) is 13.8. The van der Waals surface area contributed by atoms with E-state index >= 15 is 0 Å². The lowest BCUT2D eigenvalue weighted by Gasteiger charge is -2.32. The molecule has 126 valence electrons. The quantitative estimate of drug-likeness (QED) is 0.858.